The fourth-order valence-electron chi connectivity index (χ4n) is 1.61. The number of hydrogen-bond donors (Lipinski definition) is 1. The van der Waals surface area contributed by atoms with Gasteiger partial charge in [0.25, 0.3) is 0 Å². The third-order valence-electron chi connectivity index (χ3n) is 2.46. The summed E-state index contributed by atoms with van der Waals surface area (Å²) in [6.07, 6.45) is 13.5. The molecule has 0 bridgehead atoms. The number of allylic oxidation sites excluding steroid dienone is 4. The third kappa shape index (κ3) is 2.11. The van der Waals surface area contributed by atoms with Crippen LogP contribution in [0.5, 0.6) is 0 Å². The van der Waals surface area contributed by atoms with Crippen LogP contribution < -0.4 is 5.48 Å². The molecule has 0 radical (unpaired) electrons. The first-order valence-corrected chi connectivity index (χ1v) is 5.33. The van der Waals surface area contributed by atoms with Crippen LogP contribution in [0.4, 0.5) is 0 Å². The van der Waals surface area contributed by atoms with Crippen molar-refractivity contribution in [1.82, 2.24) is 15.5 Å². The molecule has 0 saturated heterocycles. The Morgan fingerprint density at radius 3 is 3.18 bits per heavy atom. The van der Waals surface area contributed by atoms with E-state index in [1.165, 1.54) is 0 Å². The monoisotopic (exact) mass is 225 g/mol. The summed E-state index contributed by atoms with van der Waals surface area (Å²) < 4.78 is 0. The fourth-order valence-corrected chi connectivity index (χ4v) is 1.61. The zero-order valence-electron chi connectivity index (χ0n) is 9.08. The molecule has 0 aromatic carbocycles. The van der Waals surface area contributed by atoms with Crippen molar-refractivity contribution in [3.63, 3.8) is 0 Å². The van der Waals surface area contributed by atoms with Gasteiger partial charge in [0.05, 0.1) is 17.6 Å². The van der Waals surface area contributed by atoms with Crippen LogP contribution in [-0.4, -0.2) is 10.0 Å². The van der Waals surface area contributed by atoms with E-state index in [0.717, 1.165) is 17.0 Å². The summed E-state index contributed by atoms with van der Waals surface area (Å²) >= 11 is 0. The van der Waals surface area contributed by atoms with Gasteiger partial charge >= 0.3 is 0 Å². The number of fused-ring (bicyclic) bond motifs is 1. The Kier molecular flexibility index (Phi) is 2.48. The number of aromatic nitrogens is 1. The van der Waals surface area contributed by atoms with Gasteiger partial charge in [-0.1, -0.05) is 12.1 Å². The Labute approximate surface area is 99.1 Å². The molecule has 1 aromatic rings. The molecule has 1 N–H and O–H groups in total. The summed E-state index contributed by atoms with van der Waals surface area (Å²) in [6.45, 7) is 0. The molecule has 0 spiro atoms. The molecule has 1 aromatic heterocycles. The molecule has 0 aliphatic carbocycles. The maximum atomic E-state index is 5.09. The summed E-state index contributed by atoms with van der Waals surface area (Å²) in [7, 11) is 0. The average Bonchev–Trinajstić information content (AvgIpc) is 2.85. The van der Waals surface area contributed by atoms with E-state index >= 15 is 0 Å². The van der Waals surface area contributed by atoms with Gasteiger partial charge in [-0.25, -0.2) is 10.5 Å². The maximum absolute atomic E-state index is 5.09. The van der Waals surface area contributed by atoms with E-state index in [-0.39, 0.29) is 0 Å². The lowest BCUT2D eigenvalue weighted by Crippen LogP contribution is -2.15. The highest BCUT2D eigenvalue weighted by molar-refractivity contribution is 5.53. The van der Waals surface area contributed by atoms with Gasteiger partial charge in [0.15, 0.2) is 0 Å². The number of hydrogen-bond acceptors (Lipinski definition) is 4. The summed E-state index contributed by atoms with van der Waals surface area (Å²) in [5.41, 5.74) is 5.72. The first-order chi connectivity index (χ1) is 8.42. The van der Waals surface area contributed by atoms with Crippen molar-refractivity contribution >= 4 is 6.08 Å². The minimum Gasteiger partial charge on any atom is -0.257 e. The molecule has 0 atom stereocenters. The highest BCUT2D eigenvalue weighted by atomic mass is 16.8. The van der Waals surface area contributed by atoms with Gasteiger partial charge in [-0.15, -0.1) is 0 Å². The second kappa shape index (κ2) is 4.27. The lowest BCUT2D eigenvalue weighted by molar-refractivity contribution is -0.112. The van der Waals surface area contributed by atoms with E-state index in [1.54, 1.807) is 17.5 Å². The van der Waals surface area contributed by atoms with Crippen LogP contribution in [0.3, 0.4) is 0 Å². The van der Waals surface area contributed by atoms with Gasteiger partial charge in [-0.05, 0) is 35.9 Å². The lowest BCUT2D eigenvalue weighted by atomic mass is 10.1. The van der Waals surface area contributed by atoms with Crippen LogP contribution in [0.2, 0.25) is 0 Å². The number of pyridine rings is 1. The van der Waals surface area contributed by atoms with Crippen molar-refractivity contribution in [2.24, 2.45) is 0 Å². The van der Waals surface area contributed by atoms with Gasteiger partial charge < -0.3 is 0 Å². The zero-order chi connectivity index (χ0) is 11.5. The average molecular weight is 225 g/mol. The Hall–Kier alpha value is -2.33. The van der Waals surface area contributed by atoms with Crippen molar-refractivity contribution in [3.8, 4) is 0 Å². The third-order valence-corrected chi connectivity index (χ3v) is 2.46. The van der Waals surface area contributed by atoms with Crippen LogP contribution in [0.1, 0.15) is 5.69 Å². The SMILES string of the molecule is C(=Cc1ccccn1)C1=CC2=CNON2C=C1. The molecule has 4 heteroatoms. The first-order valence-electron chi connectivity index (χ1n) is 5.33. The van der Waals surface area contributed by atoms with Crippen LogP contribution in [0.15, 0.2) is 66.3 Å². The van der Waals surface area contributed by atoms with Gasteiger partial charge in [0.2, 0.25) is 0 Å². The molecule has 0 amide bonds. The molecular formula is C13H11N3O. The largest absolute Gasteiger partial charge is 0.257 e. The predicted molar refractivity (Wildman–Crippen MR) is 64.6 cm³/mol. The highest BCUT2D eigenvalue weighted by Gasteiger charge is 2.14. The molecule has 2 aliphatic rings. The van der Waals surface area contributed by atoms with Crippen molar-refractivity contribution in [2.45, 2.75) is 0 Å². The summed E-state index contributed by atoms with van der Waals surface area (Å²) in [6, 6.07) is 5.84. The summed E-state index contributed by atoms with van der Waals surface area (Å²) in [5, 5.41) is 1.66. The number of rotatable bonds is 2. The molecule has 3 rings (SSSR count). The Morgan fingerprint density at radius 1 is 1.29 bits per heavy atom. The van der Waals surface area contributed by atoms with E-state index in [9.17, 15) is 0 Å². The van der Waals surface area contributed by atoms with Crippen LogP contribution >= 0.6 is 0 Å². The van der Waals surface area contributed by atoms with Crippen molar-refractivity contribution < 1.29 is 4.94 Å². The topological polar surface area (TPSA) is 37.4 Å². The van der Waals surface area contributed by atoms with E-state index in [2.05, 4.69) is 10.5 Å². The number of nitrogens with one attached hydrogen (secondary N) is 1. The molecule has 0 fully saturated rings. The lowest BCUT2D eigenvalue weighted by Gasteiger charge is -2.15. The number of nitrogens with zero attached hydrogens (tertiary/aromatic N) is 2. The van der Waals surface area contributed by atoms with Gasteiger partial charge in [0, 0.05) is 12.4 Å². The molecule has 2 aliphatic heterocycles. The highest BCUT2D eigenvalue weighted by Crippen LogP contribution is 2.20. The summed E-state index contributed by atoms with van der Waals surface area (Å²) in [4.78, 5) is 9.32. The predicted octanol–water partition coefficient (Wildman–Crippen LogP) is 2.14. The smallest absolute Gasteiger partial charge is 0.0900 e. The second-order valence-electron chi connectivity index (χ2n) is 3.65. The van der Waals surface area contributed by atoms with Gasteiger partial charge in [-0.3, -0.25) is 4.98 Å². The first kappa shape index (κ1) is 9.86. The zero-order valence-corrected chi connectivity index (χ0v) is 9.08. The second-order valence-corrected chi connectivity index (χ2v) is 3.65. The van der Waals surface area contributed by atoms with Crippen LogP contribution in [-0.2, 0) is 4.94 Å². The quantitative estimate of drug-likeness (QED) is 0.836. The van der Waals surface area contributed by atoms with Crippen molar-refractivity contribution in [3.05, 3.63) is 72.0 Å². The van der Waals surface area contributed by atoms with E-state index < -0.39 is 0 Å². The molecular weight excluding hydrogens is 214 g/mol. The minimum atomic E-state index is 0.944. The molecule has 0 unspecified atom stereocenters. The Balaban J connectivity index is 1.78. The van der Waals surface area contributed by atoms with E-state index in [4.69, 9.17) is 4.94 Å². The van der Waals surface area contributed by atoms with E-state index in [1.807, 2.05) is 48.7 Å². The minimum absolute atomic E-state index is 0.944. The molecule has 3 heterocycles. The van der Waals surface area contributed by atoms with Crippen molar-refractivity contribution in [1.29, 1.82) is 0 Å². The van der Waals surface area contributed by atoms with Crippen molar-refractivity contribution in [2.75, 3.05) is 0 Å². The van der Waals surface area contributed by atoms with Crippen LogP contribution in [0.25, 0.3) is 6.08 Å². The summed E-state index contributed by atoms with van der Waals surface area (Å²) in [5.74, 6) is 0. The molecule has 17 heavy (non-hydrogen) atoms. The van der Waals surface area contributed by atoms with Gasteiger partial charge in [0.1, 0.15) is 0 Å². The van der Waals surface area contributed by atoms with Crippen LogP contribution in [0, 0.1) is 0 Å². The molecule has 0 saturated carbocycles. The Morgan fingerprint density at radius 2 is 2.29 bits per heavy atom. The van der Waals surface area contributed by atoms with E-state index in [0.29, 0.717) is 0 Å². The maximum Gasteiger partial charge on any atom is 0.0900 e. The normalized spacial score (nSPS) is 17.8. The molecule has 4 nitrogen and oxygen atoms in total. The molecule has 84 valence electrons. The Bertz CT molecular complexity index is 529. The number of hydroxylamine groups is 3. The standard InChI is InChI=1S/C13H11N3O/c1-2-7-14-12(3-1)5-4-11-6-8-16-13(9-11)10-15-17-16/h1-10,15H. The van der Waals surface area contributed by atoms with Gasteiger partial charge in [-0.2, -0.15) is 4.94 Å². The fraction of sp³-hybridized carbons (Fsp3) is 0.